The minimum absolute atomic E-state index is 0.228. The van der Waals surface area contributed by atoms with E-state index in [1.807, 2.05) is 12.4 Å². The number of β-amino-alcohol motifs (C(OH)–C–C–N with tert-alkyl or cyclic N) is 1. The van der Waals surface area contributed by atoms with Crippen molar-refractivity contribution < 1.29 is 5.11 Å². The van der Waals surface area contributed by atoms with Crippen LogP contribution in [0.1, 0.15) is 45.4 Å². The van der Waals surface area contributed by atoms with Crippen LogP contribution in [-0.2, 0) is 0 Å². The van der Waals surface area contributed by atoms with Gasteiger partial charge in [0.15, 0.2) is 0 Å². The van der Waals surface area contributed by atoms with Crippen LogP contribution in [0.25, 0.3) is 0 Å². The van der Waals surface area contributed by atoms with Crippen molar-refractivity contribution in [1.82, 2.24) is 10.2 Å². The number of rotatable bonds is 9. The number of nitrogens with one attached hydrogen (secondary N) is 1. The largest absolute Gasteiger partial charge is 0.395 e. The number of aliphatic hydroxyl groups is 1. The highest BCUT2D eigenvalue weighted by atomic mass is 16.3. The van der Waals surface area contributed by atoms with Crippen molar-refractivity contribution in [2.75, 3.05) is 13.2 Å². The van der Waals surface area contributed by atoms with E-state index in [2.05, 4.69) is 29.3 Å². The summed E-state index contributed by atoms with van der Waals surface area (Å²) in [6.07, 6.45) is 16.4. The molecule has 1 heterocycles. The summed E-state index contributed by atoms with van der Waals surface area (Å²) in [4.78, 5) is 2.18. The van der Waals surface area contributed by atoms with Crippen LogP contribution >= 0.6 is 0 Å². The molecule has 0 bridgehead atoms. The molecule has 3 heteroatoms. The van der Waals surface area contributed by atoms with Crippen LogP contribution in [0.3, 0.4) is 0 Å². The quantitative estimate of drug-likeness (QED) is 0.479. The van der Waals surface area contributed by atoms with Gasteiger partial charge in [0, 0.05) is 18.9 Å². The first-order valence-corrected chi connectivity index (χ1v) is 6.79. The molecule has 1 unspecified atom stereocenters. The standard InChI is InChI=1S/C14H26N2O/c1-2-3-4-5-6-7-8-9-14-15-10-11-16(14)12-13-17/h2-3,10-11,14-15,17H,4-9,12-13H2,1H3/b3-2+. The first-order chi connectivity index (χ1) is 8.38. The van der Waals surface area contributed by atoms with Crippen molar-refractivity contribution >= 4 is 0 Å². The molecule has 17 heavy (non-hydrogen) atoms. The van der Waals surface area contributed by atoms with E-state index in [9.17, 15) is 0 Å². The molecule has 0 radical (unpaired) electrons. The molecule has 0 fully saturated rings. The van der Waals surface area contributed by atoms with Crippen LogP contribution in [0.15, 0.2) is 24.6 Å². The molecule has 1 aliphatic heterocycles. The van der Waals surface area contributed by atoms with Crippen molar-refractivity contribution in [3.8, 4) is 0 Å². The highest BCUT2D eigenvalue weighted by Crippen LogP contribution is 2.13. The molecule has 0 saturated heterocycles. The van der Waals surface area contributed by atoms with Gasteiger partial charge in [0.25, 0.3) is 0 Å². The maximum Gasteiger partial charge on any atom is 0.0982 e. The summed E-state index contributed by atoms with van der Waals surface area (Å²) in [5, 5.41) is 12.3. The number of hydrogen-bond acceptors (Lipinski definition) is 3. The molecule has 0 aromatic carbocycles. The molecule has 2 N–H and O–H groups in total. The summed E-state index contributed by atoms with van der Waals surface area (Å²) >= 11 is 0. The van der Waals surface area contributed by atoms with E-state index in [1.54, 1.807) is 0 Å². The third-order valence-corrected chi connectivity index (χ3v) is 3.15. The molecule has 1 aliphatic rings. The smallest absolute Gasteiger partial charge is 0.0982 e. The van der Waals surface area contributed by atoms with E-state index in [4.69, 9.17) is 5.11 Å². The van der Waals surface area contributed by atoms with Crippen LogP contribution in [0.5, 0.6) is 0 Å². The number of unbranched alkanes of at least 4 members (excludes halogenated alkanes) is 4. The molecule has 0 aromatic heterocycles. The molecule has 98 valence electrons. The molecule has 1 atom stereocenters. The zero-order valence-corrected chi connectivity index (χ0v) is 10.9. The van der Waals surface area contributed by atoms with Gasteiger partial charge in [-0.3, -0.25) is 0 Å². The fraction of sp³-hybridized carbons (Fsp3) is 0.714. The monoisotopic (exact) mass is 238 g/mol. The second-order valence-corrected chi connectivity index (χ2v) is 4.52. The maximum atomic E-state index is 8.93. The van der Waals surface area contributed by atoms with Crippen molar-refractivity contribution in [1.29, 1.82) is 0 Å². The SMILES string of the molecule is C/C=C/CCCCCCC1NC=CN1CCO. The van der Waals surface area contributed by atoms with Gasteiger partial charge in [-0.1, -0.05) is 25.0 Å². The molecule has 1 rings (SSSR count). The summed E-state index contributed by atoms with van der Waals surface area (Å²) in [7, 11) is 0. The molecular formula is C14H26N2O. The second kappa shape index (κ2) is 9.11. The van der Waals surface area contributed by atoms with E-state index >= 15 is 0 Å². The Morgan fingerprint density at radius 2 is 2.12 bits per heavy atom. The normalized spacial score (nSPS) is 19.2. The van der Waals surface area contributed by atoms with Gasteiger partial charge in [-0.25, -0.2) is 0 Å². The molecule has 0 aromatic rings. The lowest BCUT2D eigenvalue weighted by molar-refractivity contribution is 0.194. The zero-order valence-electron chi connectivity index (χ0n) is 10.9. The molecule has 0 amide bonds. The van der Waals surface area contributed by atoms with E-state index in [-0.39, 0.29) is 6.61 Å². The first-order valence-electron chi connectivity index (χ1n) is 6.79. The third kappa shape index (κ3) is 5.78. The van der Waals surface area contributed by atoms with Gasteiger partial charge in [-0.2, -0.15) is 0 Å². The minimum Gasteiger partial charge on any atom is -0.395 e. The van der Waals surface area contributed by atoms with Gasteiger partial charge in [0.1, 0.15) is 0 Å². The van der Waals surface area contributed by atoms with Crippen molar-refractivity contribution in [2.45, 2.75) is 51.6 Å². The van der Waals surface area contributed by atoms with Crippen molar-refractivity contribution in [3.63, 3.8) is 0 Å². The van der Waals surface area contributed by atoms with E-state index in [0.29, 0.717) is 6.17 Å². The Labute approximate surface area is 105 Å². The van der Waals surface area contributed by atoms with Crippen LogP contribution in [0.4, 0.5) is 0 Å². The summed E-state index contributed by atoms with van der Waals surface area (Å²) in [6.45, 7) is 3.04. The van der Waals surface area contributed by atoms with Crippen LogP contribution in [0.2, 0.25) is 0 Å². The Morgan fingerprint density at radius 1 is 1.29 bits per heavy atom. The predicted octanol–water partition coefficient (Wildman–Crippen LogP) is 2.60. The number of nitrogens with zero attached hydrogens (tertiary/aromatic N) is 1. The summed E-state index contributed by atoms with van der Waals surface area (Å²) in [5.41, 5.74) is 0. The maximum absolute atomic E-state index is 8.93. The van der Waals surface area contributed by atoms with Crippen molar-refractivity contribution in [2.24, 2.45) is 0 Å². The predicted molar refractivity (Wildman–Crippen MR) is 72.4 cm³/mol. The lowest BCUT2D eigenvalue weighted by Crippen LogP contribution is -2.36. The average Bonchev–Trinajstić information content (AvgIpc) is 2.76. The molecule has 0 saturated carbocycles. The minimum atomic E-state index is 0.228. The third-order valence-electron chi connectivity index (χ3n) is 3.15. The lowest BCUT2D eigenvalue weighted by Gasteiger charge is -2.24. The van der Waals surface area contributed by atoms with E-state index in [0.717, 1.165) is 13.0 Å². The molecular weight excluding hydrogens is 212 g/mol. The van der Waals surface area contributed by atoms with Gasteiger partial charge in [-0.15, -0.1) is 0 Å². The highest BCUT2D eigenvalue weighted by Gasteiger charge is 2.16. The van der Waals surface area contributed by atoms with E-state index < -0.39 is 0 Å². The van der Waals surface area contributed by atoms with Crippen LogP contribution in [-0.4, -0.2) is 29.3 Å². The Balaban J connectivity index is 1.99. The molecule has 3 nitrogen and oxygen atoms in total. The highest BCUT2D eigenvalue weighted by molar-refractivity contribution is 4.93. The van der Waals surface area contributed by atoms with Gasteiger partial charge in [-0.05, 0) is 32.6 Å². The summed E-state index contributed by atoms with van der Waals surface area (Å²) < 4.78 is 0. The Hall–Kier alpha value is -0.960. The number of hydrogen-bond donors (Lipinski definition) is 2. The van der Waals surface area contributed by atoms with Crippen molar-refractivity contribution in [3.05, 3.63) is 24.6 Å². The first kappa shape index (κ1) is 14.1. The fourth-order valence-electron chi connectivity index (χ4n) is 2.16. The van der Waals surface area contributed by atoms with Gasteiger partial charge in [0.05, 0.1) is 12.8 Å². The fourth-order valence-corrected chi connectivity index (χ4v) is 2.16. The van der Waals surface area contributed by atoms with E-state index in [1.165, 1.54) is 32.1 Å². The topological polar surface area (TPSA) is 35.5 Å². The Kier molecular flexibility index (Phi) is 7.56. The van der Waals surface area contributed by atoms with Gasteiger partial charge < -0.3 is 15.3 Å². The lowest BCUT2D eigenvalue weighted by atomic mass is 10.1. The summed E-state index contributed by atoms with van der Waals surface area (Å²) in [6, 6.07) is 0. The molecule has 0 spiro atoms. The Bertz CT molecular complexity index is 238. The average molecular weight is 238 g/mol. The second-order valence-electron chi connectivity index (χ2n) is 4.52. The summed E-state index contributed by atoms with van der Waals surface area (Å²) in [5.74, 6) is 0. The van der Waals surface area contributed by atoms with Crippen LogP contribution in [0, 0.1) is 0 Å². The number of allylic oxidation sites excluding steroid dienone is 2. The van der Waals surface area contributed by atoms with Gasteiger partial charge >= 0.3 is 0 Å². The Morgan fingerprint density at radius 3 is 2.88 bits per heavy atom. The van der Waals surface area contributed by atoms with Crippen LogP contribution < -0.4 is 5.32 Å². The zero-order chi connectivity index (χ0) is 12.3. The number of aliphatic hydroxyl groups excluding tert-OH is 1. The van der Waals surface area contributed by atoms with Gasteiger partial charge in [0.2, 0.25) is 0 Å². The molecule has 0 aliphatic carbocycles.